The first kappa shape index (κ1) is 33.6. The number of hydrogen-bond donors (Lipinski definition) is 1. The zero-order valence-corrected chi connectivity index (χ0v) is 28.5. The summed E-state index contributed by atoms with van der Waals surface area (Å²) in [6, 6.07) is 0. The minimum Gasteiger partial charge on any atom is -0.481 e. The first-order valence-corrected chi connectivity index (χ1v) is 17.1. The van der Waals surface area contributed by atoms with Crippen LogP contribution in [-0.4, -0.2) is 55.8 Å². The Morgan fingerprint density at radius 1 is 0.683 bits per heavy atom. The van der Waals surface area contributed by atoms with E-state index in [4.69, 9.17) is 23.0 Å². The van der Waals surface area contributed by atoms with Gasteiger partial charge < -0.3 is 28.2 Å². The molecule has 1 heterocycles. The van der Waals surface area contributed by atoms with Crippen LogP contribution in [0.25, 0.3) is 0 Å². The number of rotatable bonds is 5. The fourth-order valence-electron chi connectivity index (χ4n) is 8.51. The number of ether oxygens (including phenoxy) is 2. The van der Waals surface area contributed by atoms with Gasteiger partial charge in [0.1, 0.15) is 0 Å². The third-order valence-corrected chi connectivity index (χ3v) is 12.3. The van der Waals surface area contributed by atoms with Crippen LogP contribution >= 0.6 is 8.60 Å². The summed E-state index contributed by atoms with van der Waals surface area (Å²) in [7, 11) is 2.08. The molecule has 4 rings (SSSR count). The highest BCUT2D eigenvalue weighted by molar-refractivity contribution is 7.41. The van der Waals surface area contributed by atoms with Crippen LogP contribution in [0, 0.1) is 51.8 Å². The van der Waals surface area contributed by atoms with Crippen LogP contribution in [-0.2, 0) is 27.8 Å². The summed E-state index contributed by atoms with van der Waals surface area (Å²) in [5.41, 5.74) is -0.0135. The van der Waals surface area contributed by atoms with Gasteiger partial charge in [0, 0.05) is 14.2 Å². The van der Waals surface area contributed by atoms with Crippen molar-refractivity contribution in [3.8, 4) is 0 Å². The number of carboxylic acid groups (broad SMARTS) is 1. The van der Waals surface area contributed by atoms with E-state index in [2.05, 4.69) is 62.3 Å². The summed E-state index contributed by atoms with van der Waals surface area (Å²) in [6.45, 7) is 20.5. The maximum atomic E-state index is 11.9. The minimum absolute atomic E-state index is 0.0159. The average molecular weight is 599 g/mol. The fourth-order valence-corrected chi connectivity index (χ4v) is 10.1. The normalized spacial score (nSPS) is 42.6. The Bertz CT molecular complexity index is 843. The number of fused-ring (bicyclic) bond motifs is 3. The Morgan fingerprint density at radius 2 is 1.12 bits per heavy atom. The molecule has 41 heavy (non-hydrogen) atoms. The standard InChI is InChI=1S/C33H59O7P/c1-31(2,3)24-14-19(30(34)35)12-13-27(24)38-41-39-28-22(15-20(36-10)17-25(28)32(4,5)6)23-16-21(37-11)18-26(29(23)40-41)33(7,8)9/h19-29H,12-18H2,1-11H3,(H,34,35). The topological polar surface area (TPSA) is 83.5 Å². The van der Waals surface area contributed by atoms with Gasteiger partial charge >= 0.3 is 14.6 Å². The Hall–Kier alpha value is -0.300. The number of carboxylic acids is 1. The number of methoxy groups -OCH3 is 2. The maximum absolute atomic E-state index is 11.9. The van der Waals surface area contributed by atoms with Crippen LogP contribution in [0.3, 0.4) is 0 Å². The molecule has 3 aliphatic carbocycles. The third-order valence-electron chi connectivity index (χ3n) is 11.1. The summed E-state index contributed by atoms with van der Waals surface area (Å²) in [6.07, 6.45) is 6.17. The van der Waals surface area contributed by atoms with Gasteiger partial charge in [-0.3, -0.25) is 4.79 Å². The van der Waals surface area contributed by atoms with Gasteiger partial charge in [-0.2, -0.15) is 0 Å². The molecule has 0 aromatic heterocycles. The van der Waals surface area contributed by atoms with Gasteiger partial charge in [0.15, 0.2) is 0 Å². The van der Waals surface area contributed by atoms with E-state index < -0.39 is 14.6 Å². The van der Waals surface area contributed by atoms with E-state index in [0.717, 1.165) is 32.1 Å². The largest absolute Gasteiger partial charge is 0.481 e. The van der Waals surface area contributed by atoms with Crippen LogP contribution in [0.15, 0.2) is 0 Å². The van der Waals surface area contributed by atoms with Gasteiger partial charge in [0.05, 0.1) is 36.4 Å². The van der Waals surface area contributed by atoms with E-state index in [0.29, 0.717) is 36.5 Å². The van der Waals surface area contributed by atoms with Crippen molar-refractivity contribution in [2.45, 2.75) is 138 Å². The Morgan fingerprint density at radius 3 is 1.49 bits per heavy atom. The van der Waals surface area contributed by atoms with E-state index in [-0.39, 0.29) is 58.6 Å². The third kappa shape index (κ3) is 7.51. The van der Waals surface area contributed by atoms with Crippen LogP contribution in [0.5, 0.6) is 0 Å². The molecule has 0 bridgehead atoms. The first-order valence-electron chi connectivity index (χ1n) is 16.0. The van der Waals surface area contributed by atoms with Gasteiger partial charge in [-0.25, -0.2) is 0 Å². The zero-order valence-electron chi connectivity index (χ0n) is 27.6. The molecule has 11 unspecified atom stereocenters. The summed E-state index contributed by atoms with van der Waals surface area (Å²) in [5.74, 6) is 0.305. The zero-order chi connectivity index (χ0) is 30.5. The molecule has 1 N–H and O–H groups in total. The Labute approximate surface area is 251 Å². The molecule has 11 atom stereocenters. The average Bonchev–Trinajstić information content (AvgIpc) is 3.01. The molecular formula is C33H59O7P. The molecule has 0 spiro atoms. The van der Waals surface area contributed by atoms with Crippen LogP contribution in [0.1, 0.15) is 107 Å². The quantitative estimate of drug-likeness (QED) is 0.320. The van der Waals surface area contributed by atoms with Gasteiger partial charge in [-0.05, 0) is 90.8 Å². The summed E-state index contributed by atoms with van der Waals surface area (Å²) in [5, 5.41) is 9.81. The molecular weight excluding hydrogens is 539 g/mol. The van der Waals surface area contributed by atoms with Crippen molar-refractivity contribution in [1.29, 1.82) is 0 Å². The first-order chi connectivity index (χ1) is 18.9. The summed E-state index contributed by atoms with van der Waals surface area (Å²) in [4.78, 5) is 11.9. The molecule has 8 heteroatoms. The van der Waals surface area contributed by atoms with Gasteiger partial charge in [0.25, 0.3) is 0 Å². The molecule has 4 aliphatic rings. The molecule has 0 amide bonds. The van der Waals surface area contributed by atoms with Crippen molar-refractivity contribution in [3.63, 3.8) is 0 Å². The molecule has 1 saturated heterocycles. The molecule has 0 aromatic carbocycles. The highest BCUT2D eigenvalue weighted by Gasteiger charge is 2.57. The lowest BCUT2D eigenvalue weighted by Crippen LogP contribution is -2.53. The lowest BCUT2D eigenvalue weighted by molar-refractivity contribution is -0.145. The monoisotopic (exact) mass is 598 g/mol. The maximum Gasteiger partial charge on any atom is 0.333 e. The number of carbonyl (C=O) groups is 1. The second kappa shape index (κ2) is 12.6. The number of aliphatic carboxylic acids is 1. The highest BCUT2D eigenvalue weighted by atomic mass is 31.2. The lowest BCUT2D eigenvalue weighted by atomic mass is 9.57. The predicted molar refractivity (Wildman–Crippen MR) is 162 cm³/mol. The molecule has 7 nitrogen and oxygen atoms in total. The summed E-state index contributed by atoms with van der Waals surface area (Å²) < 4.78 is 33.3. The van der Waals surface area contributed by atoms with Crippen molar-refractivity contribution in [3.05, 3.63) is 0 Å². The van der Waals surface area contributed by atoms with Crippen LogP contribution in [0.2, 0.25) is 0 Å². The molecule has 0 radical (unpaired) electrons. The second-order valence-corrected chi connectivity index (χ2v) is 17.8. The van der Waals surface area contributed by atoms with Gasteiger partial charge in [-0.1, -0.05) is 62.3 Å². The van der Waals surface area contributed by atoms with Crippen LogP contribution in [0.4, 0.5) is 0 Å². The second-order valence-electron chi connectivity index (χ2n) is 16.8. The van der Waals surface area contributed by atoms with Crippen LogP contribution < -0.4 is 0 Å². The Balaban J connectivity index is 1.72. The van der Waals surface area contributed by atoms with E-state index in [1.165, 1.54) is 0 Å². The SMILES string of the molecule is COC1CC2C3CC(OC)CC(C(C)(C)C)C3OP(OC3CCC(C(=O)O)CC3C(C)(C)C)OC2C(C(C)(C)C)C1. The fraction of sp³-hybridized carbons (Fsp3) is 0.970. The van der Waals surface area contributed by atoms with Crippen molar-refractivity contribution >= 4 is 14.6 Å². The van der Waals surface area contributed by atoms with E-state index >= 15 is 0 Å². The molecule has 3 saturated carbocycles. The Kier molecular flexibility index (Phi) is 10.3. The van der Waals surface area contributed by atoms with Gasteiger partial charge in [0.2, 0.25) is 0 Å². The highest BCUT2D eigenvalue weighted by Crippen LogP contribution is 2.62. The van der Waals surface area contributed by atoms with Gasteiger partial charge in [-0.15, -0.1) is 0 Å². The van der Waals surface area contributed by atoms with E-state index in [1.54, 1.807) is 0 Å². The molecule has 1 aliphatic heterocycles. The van der Waals surface area contributed by atoms with Crippen molar-refractivity contribution in [2.75, 3.05) is 14.2 Å². The summed E-state index contributed by atoms with van der Waals surface area (Å²) >= 11 is 0. The lowest BCUT2D eigenvalue weighted by Gasteiger charge is -2.51. The molecule has 0 aromatic rings. The predicted octanol–water partition coefficient (Wildman–Crippen LogP) is 8.10. The van der Waals surface area contributed by atoms with E-state index in [9.17, 15) is 9.90 Å². The smallest absolute Gasteiger partial charge is 0.333 e. The van der Waals surface area contributed by atoms with Crippen molar-refractivity contribution in [1.82, 2.24) is 0 Å². The molecule has 238 valence electrons. The minimum atomic E-state index is -1.63. The van der Waals surface area contributed by atoms with Crippen molar-refractivity contribution in [2.24, 2.45) is 51.8 Å². The number of hydrogen-bond acceptors (Lipinski definition) is 6. The molecule has 4 fully saturated rings. The van der Waals surface area contributed by atoms with Crippen molar-refractivity contribution < 1.29 is 32.9 Å². The van der Waals surface area contributed by atoms with E-state index in [1.807, 2.05) is 14.2 Å².